The van der Waals surface area contributed by atoms with Gasteiger partial charge in [0.1, 0.15) is 17.1 Å². The molecule has 0 amide bonds. The third-order valence-corrected chi connectivity index (χ3v) is 6.79. The van der Waals surface area contributed by atoms with Crippen LogP contribution in [0.1, 0.15) is 109 Å². The largest absolute Gasteiger partial charge is 0.461 e. The average Bonchev–Trinajstić information content (AvgIpc) is 3.41. The predicted molar refractivity (Wildman–Crippen MR) is 140 cm³/mol. The Morgan fingerprint density at radius 1 is 0.541 bits per heavy atom. The monoisotopic (exact) mass is 511 g/mol. The molecule has 0 fully saturated rings. The number of carbonyl (C=O) groups is 3. The fourth-order valence-electron chi connectivity index (χ4n) is 5.25. The summed E-state index contributed by atoms with van der Waals surface area (Å²) in [5, 5.41) is 0. The first kappa shape index (κ1) is 27.8. The van der Waals surface area contributed by atoms with Crippen molar-refractivity contribution in [3.8, 4) is 0 Å². The van der Waals surface area contributed by atoms with Gasteiger partial charge < -0.3 is 29.2 Å². The van der Waals surface area contributed by atoms with Crippen molar-refractivity contribution in [2.75, 3.05) is 19.8 Å². The topological polar surface area (TPSA) is 126 Å². The summed E-state index contributed by atoms with van der Waals surface area (Å²) in [5.41, 5.74) is 8.40. The Balaban J connectivity index is 2.37. The van der Waals surface area contributed by atoms with Gasteiger partial charge in [-0.25, -0.2) is 14.4 Å². The number of carbonyl (C=O) groups excluding carboxylic acids is 3. The minimum atomic E-state index is -0.433. The standard InChI is InChI=1S/C28H37N3O6/c1-10-35-26(32)23-13(4)19(16(7)29-23)22(20-14(5)24(30-17(20)8)27(33)36-11-2)21-15(6)25(31-18(21)9)28(34)37-12-3/h22,29-31H,10-12H2,1-9H3. The third kappa shape index (κ3) is 4.95. The van der Waals surface area contributed by atoms with E-state index >= 15 is 0 Å². The van der Waals surface area contributed by atoms with Crippen LogP contribution in [-0.2, 0) is 14.2 Å². The van der Waals surface area contributed by atoms with Gasteiger partial charge in [0.05, 0.1) is 19.8 Å². The molecule has 200 valence electrons. The number of hydrogen-bond donors (Lipinski definition) is 3. The van der Waals surface area contributed by atoms with Gasteiger partial charge in [0.25, 0.3) is 0 Å². The van der Waals surface area contributed by atoms with Crippen molar-refractivity contribution in [1.82, 2.24) is 15.0 Å². The van der Waals surface area contributed by atoms with Crippen LogP contribution in [-0.4, -0.2) is 52.7 Å². The van der Waals surface area contributed by atoms with Gasteiger partial charge in [-0.1, -0.05) is 0 Å². The molecular formula is C28H37N3O6. The van der Waals surface area contributed by atoms with Gasteiger partial charge >= 0.3 is 17.9 Å². The average molecular weight is 512 g/mol. The molecule has 0 saturated heterocycles. The summed E-state index contributed by atoms with van der Waals surface area (Å²) in [7, 11) is 0. The van der Waals surface area contributed by atoms with Crippen molar-refractivity contribution >= 4 is 17.9 Å². The molecule has 0 radical (unpaired) electrons. The zero-order valence-corrected chi connectivity index (χ0v) is 23.1. The van der Waals surface area contributed by atoms with Gasteiger partial charge in [-0.2, -0.15) is 0 Å². The highest BCUT2D eigenvalue weighted by Crippen LogP contribution is 2.44. The van der Waals surface area contributed by atoms with Crippen molar-refractivity contribution in [3.63, 3.8) is 0 Å². The number of aromatic nitrogens is 3. The molecule has 0 saturated carbocycles. The zero-order chi connectivity index (χ0) is 27.6. The van der Waals surface area contributed by atoms with E-state index in [2.05, 4.69) is 15.0 Å². The normalized spacial score (nSPS) is 11.2. The fraction of sp³-hybridized carbons (Fsp3) is 0.464. The van der Waals surface area contributed by atoms with Crippen molar-refractivity contribution in [1.29, 1.82) is 0 Å². The molecule has 3 rings (SSSR count). The van der Waals surface area contributed by atoms with Crippen LogP contribution >= 0.6 is 0 Å². The van der Waals surface area contributed by atoms with Gasteiger partial charge in [0, 0.05) is 23.0 Å². The second kappa shape index (κ2) is 11.1. The molecule has 37 heavy (non-hydrogen) atoms. The molecule has 0 atom stereocenters. The lowest BCUT2D eigenvalue weighted by molar-refractivity contribution is 0.0509. The fourth-order valence-corrected chi connectivity index (χ4v) is 5.25. The van der Waals surface area contributed by atoms with E-state index in [-0.39, 0.29) is 19.8 Å². The number of aryl methyl sites for hydroxylation is 3. The molecule has 0 aromatic carbocycles. The molecule has 3 aromatic rings. The minimum Gasteiger partial charge on any atom is -0.461 e. The Bertz CT molecular complexity index is 1180. The van der Waals surface area contributed by atoms with Crippen molar-refractivity contribution in [3.05, 3.63) is 67.5 Å². The van der Waals surface area contributed by atoms with Crippen molar-refractivity contribution in [2.24, 2.45) is 0 Å². The zero-order valence-electron chi connectivity index (χ0n) is 23.1. The van der Waals surface area contributed by atoms with E-state index in [4.69, 9.17) is 14.2 Å². The van der Waals surface area contributed by atoms with Crippen LogP contribution in [0.15, 0.2) is 0 Å². The summed E-state index contributed by atoms with van der Waals surface area (Å²) >= 11 is 0. The maximum Gasteiger partial charge on any atom is 0.355 e. The van der Waals surface area contributed by atoms with E-state index in [9.17, 15) is 14.4 Å². The molecule has 0 aliphatic carbocycles. The number of ether oxygens (including phenoxy) is 3. The molecule has 3 N–H and O–H groups in total. The van der Waals surface area contributed by atoms with Gasteiger partial charge in [-0.05, 0) is 95.7 Å². The first-order chi connectivity index (χ1) is 17.5. The van der Waals surface area contributed by atoms with E-state index in [1.54, 1.807) is 20.8 Å². The first-order valence-electron chi connectivity index (χ1n) is 12.6. The predicted octanol–water partition coefficient (Wildman–Crippen LogP) is 5.23. The molecule has 0 unspecified atom stereocenters. The Morgan fingerprint density at radius 3 is 1.00 bits per heavy atom. The Hall–Kier alpha value is -3.75. The van der Waals surface area contributed by atoms with E-state index in [0.29, 0.717) is 17.1 Å². The summed E-state index contributed by atoms with van der Waals surface area (Å²) in [6.07, 6.45) is 0. The molecule has 9 nitrogen and oxygen atoms in total. The molecule has 0 aliphatic heterocycles. The van der Waals surface area contributed by atoms with E-state index in [1.807, 2.05) is 41.5 Å². The smallest absolute Gasteiger partial charge is 0.355 e. The van der Waals surface area contributed by atoms with Crippen LogP contribution in [0, 0.1) is 41.5 Å². The molecule has 0 aliphatic rings. The highest BCUT2D eigenvalue weighted by molar-refractivity contribution is 5.92. The summed E-state index contributed by atoms with van der Waals surface area (Å²) in [6, 6.07) is 0. The van der Waals surface area contributed by atoms with Crippen LogP contribution in [0.25, 0.3) is 0 Å². The maximum absolute atomic E-state index is 12.7. The molecule has 0 bridgehead atoms. The highest BCUT2D eigenvalue weighted by Gasteiger charge is 2.35. The summed E-state index contributed by atoms with van der Waals surface area (Å²) in [6.45, 7) is 17.4. The number of H-pyrrole nitrogens is 3. The van der Waals surface area contributed by atoms with Crippen LogP contribution in [0.3, 0.4) is 0 Å². The number of rotatable bonds is 9. The van der Waals surface area contributed by atoms with Crippen LogP contribution < -0.4 is 0 Å². The van der Waals surface area contributed by atoms with Crippen molar-refractivity contribution in [2.45, 2.75) is 68.2 Å². The second-order valence-corrected chi connectivity index (χ2v) is 9.09. The molecule has 3 heterocycles. The Labute approximate surface area is 217 Å². The summed E-state index contributed by atoms with van der Waals surface area (Å²) < 4.78 is 15.8. The number of esters is 3. The first-order valence-corrected chi connectivity index (χ1v) is 12.6. The van der Waals surface area contributed by atoms with E-state index in [0.717, 1.165) is 50.5 Å². The van der Waals surface area contributed by atoms with Gasteiger partial charge in [0.2, 0.25) is 0 Å². The Morgan fingerprint density at radius 2 is 0.784 bits per heavy atom. The number of nitrogens with one attached hydrogen (secondary N) is 3. The van der Waals surface area contributed by atoms with Gasteiger partial charge in [-0.15, -0.1) is 0 Å². The molecule has 0 spiro atoms. The lowest BCUT2D eigenvalue weighted by Crippen LogP contribution is -2.12. The number of hydrogen-bond acceptors (Lipinski definition) is 6. The van der Waals surface area contributed by atoms with E-state index < -0.39 is 23.8 Å². The third-order valence-electron chi connectivity index (χ3n) is 6.79. The SMILES string of the molecule is CCOC(=O)c1[nH]c(C)c(C(c2c(C)[nH]c(C(=O)OCC)c2C)c2c(C)[nH]c(C(=O)OCC)c2C)c1C. The number of aromatic amines is 3. The van der Waals surface area contributed by atoms with Gasteiger partial charge in [0.15, 0.2) is 0 Å². The molecule has 3 aromatic heterocycles. The van der Waals surface area contributed by atoms with Gasteiger partial charge in [-0.3, -0.25) is 0 Å². The highest BCUT2D eigenvalue weighted by atomic mass is 16.5. The summed E-state index contributed by atoms with van der Waals surface area (Å²) in [4.78, 5) is 47.9. The Kier molecular flexibility index (Phi) is 8.35. The van der Waals surface area contributed by atoms with Crippen molar-refractivity contribution < 1.29 is 28.6 Å². The lowest BCUT2D eigenvalue weighted by Gasteiger charge is -2.22. The van der Waals surface area contributed by atoms with Crippen LogP contribution in [0.5, 0.6) is 0 Å². The quantitative estimate of drug-likeness (QED) is 0.267. The minimum absolute atomic E-state index is 0.257. The second-order valence-electron chi connectivity index (χ2n) is 9.09. The maximum atomic E-state index is 12.7. The van der Waals surface area contributed by atoms with E-state index in [1.165, 1.54) is 0 Å². The summed E-state index contributed by atoms with van der Waals surface area (Å²) in [5.74, 6) is -1.70. The van der Waals surface area contributed by atoms with Crippen LogP contribution in [0.2, 0.25) is 0 Å². The van der Waals surface area contributed by atoms with Crippen LogP contribution in [0.4, 0.5) is 0 Å². The molecular weight excluding hydrogens is 474 g/mol. The lowest BCUT2D eigenvalue weighted by atomic mass is 9.79. The molecule has 9 heteroatoms.